The van der Waals surface area contributed by atoms with Gasteiger partial charge in [0.2, 0.25) is 0 Å². The van der Waals surface area contributed by atoms with Gasteiger partial charge in [-0.25, -0.2) is 4.79 Å². The van der Waals surface area contributed by atoms with Crippen LogP contribution in [0.5, 0.6) is 0 Å². The molecule has 0 fully saturated rings. The molecule has 0 aliphatic heterocycles. The second kappa shape index (κ2) is 4.22. The monoisotopic (exact) mass is 255 g/mol. The van der Waals surface area contributed by atoms with Gasteiger partial charge in [0, 0.05) is 10.0 Å². The third kappa shape index (κ3) is 1.76. The fourth-order valence-corrected chi connectivity index (χ4v) is 1.66. The lowest BCUT2D eigenvalue weighted by Gasteiger charge is -2.06. The van der Waals surface area contributed by atoms with Gasteiger partial charge >= 0.3 is 5.97 Å². The second-order valence-corrected chi connectivity index (χ2v) is 3.38. The van der Waals surface area contributed by atoms with Gasteiger partial charge in [0.05, 0.1) is 23.8 Å². The predicted octanol–water partition coefficient (Wildman–Crippen LogP) is 1.51. The first-order valence-electron chi connectivity index (χ1n) is 3.67. The maximum Gasteiger partial charge on any atom is 0.337 e. The van der Waals surface area contributed by atoms with E-state index in [1.54, 1.807) is 0 Å². The van der Waals surface area contributed by atoms with E-state index in [1.165, 1.54) is 12.1 Å². The van der Waals surface area contributed by atoms with E-state index in [9.17, 15) is 4.79 Å². The summed E-state index contributed by atoms with van der Waals surface area (Å²) in [4.78, 5) is 10.8. The van der Waals surface area contributed by atoms with E-state index < -0.39 is 12.6 Å². The Morgan fingerprint density at radius 1 is 1.57 bits per heavy atom. The van der Waals surface area contributed by atoms with E-state index in [2.05, 4.69) is 15.9 Å². The van der Waals surface area contributed by atoms with Crippen LogP contribution >= 0.6 is 15.9 Å². The summed E-state index contributed by atoms with van der Waals surface area (Å²) in [5.41, 5.74) is 0.244. The normalized spacial score (nSPS) is 9.50. The summed E-state index contributed by atoms with van der Waals surface area (Å²) < 4.78 is 0.355. The van der Waals surface area contributed by atoms with Crippen molar-refractivity contribution in [2.24, 2.45) is 0 Å². The molecule has 0 aliphatic rings. The zero-order chi connectivity index (χ0) is 10.7. The van der Waals surface area contributed by atoms with Crippen LogP contribution in [-0.4, -0.2) is 16.2 Å². The molecule has 2 N–H and O–H groups in total. The molecule has 0 aliphatic carbocycles. The number of benzene rings is 1. The summed E-state index contributed by atoms with van der Waals surface area (Å²) in [6, 6.07) is 4.76. The second-order valence-electron chi connectivity index (χ2n) is 2.52. The SMILES string of the molecule is N#Cc1ccc(Br)c(C(=O)O)c1CO. The number of carboxylic acid groups (broad SMARTS) is 1. The quantitative estimate of drug-likeness (QED) is 0.840. The lowest BCUT2D eigenvalue weighted by molar-refractivity contribution is 0.0692. The molecule has 5 heteroatoms. The topological polar surface area (TPSA) is 81.3 Å². The highest BCUT2D eigenvalue weighted by atomic mass is 79.9. The molecule has 1 aromatic carbocycles. The Bertz CT molecular complexity index is 423. The number of hydrogen-bond acceptors (Lipinski definition) is 3. The minimum atomic E-state index is -1.17. The van der Waals surface area contributed by atoms with Gasteiger partial charge < -0.3 is 10.2 Å². The van der Waals surface area contributed by atoms with E-state index in [0.717, 1.165) is 0 Å². The molecule has 0 heterocycles. The van der Waals surface area contributed by atoms with Crippen molar-refractivity contribution in [3.8, 4) is 6.07 Å². The smallest absolute Gasteiger partial charge is 0.337 e. The minimum absolute atomic E-state index is 0.0634. The number of hydrogen-bond donors (Lipinski definition) is 2. The highest BCUT2D eigenvalue weighted by Crippen LogP contribution is 2.23. The van der Waals surface area contributed by atoms with Crippen LogP contribution in [0.25, 0.3) is 0 Å². The Hall–Kier alpha value is -1.38. The zero-order valence-electron chi connectivity index (χ0n) is 6.99. The molecular formula is C9H6BrNO3. The first-order valence-corrected chi connectivity index (χ1v) is 4.46. The van der Waals surface area contributed by atoms with E-state index in [0.29, 0.717) is 4.47 Å². The number of halogens is 1. The minimum Gasteiger partial charge on any atom is -0.478 e. The molecule has 0 atom stereocenters. The highest BCUT2D eigenvalue weighted by molar-refractivity contribution is 9.10. The van der Waals surface area contributed by atoms with Gasteiger partial charge in [0.1, 0.15) is 0 Å². The van der Waals surface area contributed by atoms with Crippen molar-refractivity contribution >= 4 is 21.9 Å². The number of nitrogens with zero attached hydrogens (tertiary/aromatic N) is 1. The Balaban J connectivity index is 3.53. The molecule has 0 spiro atoms. The van der Waals surface area contributed by atoms with E-state index in [1.807, 2.05) is 6.07 Å². The van der Waals surface area contributed by atoms with Crippen LogP contribution < -0.4 is 0 Å². The maximum atomic E-state index is 10.8. The van der Waals surface area contributed by atoms with Crippen LogP contribution in [-0.2, 0) is 6.61 Å². The first-order chi connectivity index (χ1) is 6.61. The fourth-order valence-electron chi connectivity index (χ4n) is 1.12. The predicted molar refractivity (Wildman–Crippen MR) is 51.7 cm³/mol. The van der Waals surface area contributed by atoms with Crippen molar-refractivity contribution in [2.45, 2.75) is 6.61 Å². The number of aliphatic hydroxyl groups is 1. The summed E-state index contributed by atoms with van der Waals surface area (Å²) in [7, 11) is 0. The summed E-state index contributed by atoms with van der Waals surface area (Å²) in [6.07, 6.45) is 0. The molecule has 0 bridgehead atoms. The fraction of sp³-hybridized carbons (Fsp3) is 0.111. The van der Waals surface area contributed by atoms with Gasteiger partial charge in [0.15, 0.2) is 0 Å². The standard InChI is InChI=1S/C9H6BrNO3/c10-7-2-1-5(3-11)6(4-12)8(7)9(13)14/h1-2,12H,4H2,(H,13,14). The number of rotatable bonds is 2. The molecule has 1 aromatic rings. The van der Waals surface area contributed by atoms with Crippen molar-refractivity contribution in [2.75, 3.05) is 0 Å². The summed E-state index contributed by atoms with van der Waals surface area (Å²) in [5.74, 6) is -1.17. The molecule has 0 saturated heterocycles. The average molecular weight is 256 g/mol. The van der Waals surface area contributed by atoms with Crippen molar-refractivity contribution in [3.63, 3.8) is 0 Å². The Morgan fingerprint density at radius 2 is 2.21 bits per heavy atom. The molecule has 4 nitrogen and oxygen atoms in total. The van der Waals surface area contributed by atoms with Gasteiger partial charge in [-0.1, -0.05) is 0 Å². The van der Waals surface area contributed by atoms with Crippen LogP contribution in [0.4, 0.5) is 0 Å². The van der Waals surface area contributed by atoms with Crippen molar-refractivity contribution < 1.29 is 15.0 Å². The van der Waals surface area contributed by atoms with E-state index in [-0.39, 0.29) is 16.7 Å². The van der Waals surface area contributed by atoms with Crippen LogP contribution in [0.3, 0.4) is 0 Å². The average Bonchev–Trinajstić information content (AvgIpc) is 2.16. The van der Waals surface area contributed by atoms with Gasteiger partial charge in [0.25, 0.3) is 0 Å². The van der Waals surface area contributed by atoms with Gasteiger partial charge in [-0.2, -0.15) is 5.26 Å². The van der Waals surface area contributed by atoms with Crippen molar-refractivity contribution in [1.29, 1.82) is 5.26 Å². The van der Waals surface area contributed by atoms with Crippen LogP contribution in [0.15, 0.2) is 16.6 Å². The first kappa shape index (κ1) is 10.7. The highest BCUT2D eigenvalue weighted by Gasteiger charge is 2.16. The van der Waals surface area contributed by atoms with Crippen molar-refractivity contribution in [3.05, 3.63) is 33.3 Å². The van der Waals surface area contributed by atoms with Gasteiger partial charge in [-0.3, -0.25) is 0 Å². The molecule has 0 aromatic heterocycles. The molecule has 0 radical (unpaired) electrons. The molecule has 0 saturated carbocycles. The number of aromatic carboxylic acids is 1. The Kier molecular flexibility index (Phi) is 3.23. The lowest BCUT2D eigenvalue weighted by Crippen LogP contribution is -2.06. The largest absolute Gasteiger partial charge is 0.478 e. The number of carbonyl (C=O) groups is 1. The molecule has 72 valence electrons. The molecule has 1 rings (SSSR count). The molecule has 14 heavy (non-hydrogen) atoms. The number of carboxylic acids is 1. The van der Waals surface area contributed by atoms with Crippen molar-refractivity contribution in [1.82, 2.24) is 0 Å². The number of nitriles is 1. The van der Waals surface area contributed by atoms with Gasteiger partial charge in [-0.05, 0) is 28.1 Å². The molecule has 0 amide bonds. The zero-order valence-corrected chi connectivity index (χ0v) is 8.58. The Morgan fingerprint density at radius 3 is 2.64 bits per heavy atom. The van der Waals surface area contributed by atoms with Crippen LogP contribution in [0.1, 0.15) is 21.5 Å². The van der Waals surface area contributed by atoms with Crippen LogP contribution in [0, 0.1) is 11.3 Å². The summed E-state index contributed by atoms with van der Waals surface area (Å²) in [5, 5.41) is 26.5. The number of aliphatic hydroxyl groups excluding tert-OH is 1. The third-order valence-electron chi connectivity index (χ3n) is 1.75. The van der Waals surface area contributed by atoms with Crippen LogP contribution in [0.2, 0.25) is 0 Å². The van der Waals surface area contributed by atoms with E-state index in [4.69, 9.17) is 15.5 Å². The van der Waals surface area contributed by atoms with E-state index >= 15 is 0 Å². The summed E-state index contributed by atoms with van der Waals surface area (Å²) >= 11 is 3.05. The lowest BCUT2D eigenvalue weighted by atomic mass is 10.0. The maximum absolute atomic E-state index is 10.8. The summed E-state index contributed by atoms with van der Waals surface area (Å²) in [6.45, 7) is -0.468. The third-order valence-corrected chi connectivity index (χ3v) is 2.42. The molecule has 0 unspecified atom stereocenters. The Labute approximate surface area is 88.5 Å². The van der Waals surface area contributed by atoms with Gasteiger partial charge in [-0.15, -0.1) is 0 Å². The molecular weight excluding hydrogens is 250 g/mol.